The number of rotatable bonds is 6. The number of aromatic hydroxyl groups is 1. The average molecular weight is 526 g/mol. The van der Waals surface area contributed by atoms with E-state index in [1.165, 1.54) is 73.8 Å². The molecule has 0 radical (unpaired) electrons. The zero-order chi connectivity index (χ0) is 26.0. The van der Waals surface area contributed by atoms with Crippen molar-refractivity contribution in [2.45, 2.75) is 0 Å². The third-order valence-electron chi connectivity index (χ3n) is 5.18. The minimum absolute atomic E-state index is 0.140. The predicted octanol–water partition coefficient (Wildman–Crippen LogP) is 4.52. The molecule has 182 valence electrons. The zero-order valence-corrected chi connectivity index (χ0v) is 20.1. The summed E-state index contributed by atoms with van der Waals surface area (Å²) in [5.41, 5.74) is 0.947. The number of hydrogen-bond donors (Lipinski definition) is 3. The molecule has 11 heteroatoms. The summed E-state index contributed by atoms with van der Waals surface area (Å²) in [4.78, 5) is 50.9. The number of carbonyl (C=O) groups excluding carboxylic acids is 4. The molecule has 0 saturated heterocycles. The SMILES string of the molecule is COC(=O)c1cccc(N2C(=O)C(Cl)=C(Nc3ccc(C(=O)Nc4cc(Cl)ccc4O)cc3)C2=O)c1. The van der Waals surface area contributed by atoms with Gasteiger partial charge in [0.25, 0.3) is 17.7 Å². The van der Waals surface area contributed by atoms with E-state index in [0.717, 1.165) is 4.90 Å². The van der Waals surface area contributed by atoms with Gasteiger partial charge in [-0.1, -0.05) is 29.3 Å². The van der Waals surface area contributed by atoms with E-state index in [0.29, 0.717) is 10.7 Å². The molecule has 0 bridgehead atoms. The van der Waals surface area contributed by atoms with E-state index in [2.05, 4.69) is 15.4 Å². The van der Waals surface area contributed by atoms with Crippen LogP contribution in [-0.2, 0) is 14.3 Å². The lowest BCUT2D eigenvalue weighted by molar-refractivity contribution is -0.120. The number of halogens is 2. The summed E-state index contributed by atoms with van der Waals surface area (Å²) in [6.45, 7) is 0. The second-order valence-corrected chi connectivity index (χ2v) is 8.31. The molecule has 3 N–H and O–H groups in total. The Bertz CT molecular complexity index is 1440. The number of amides is 3. The van der Waals surface area contributed by atoms with Crippen LogP contribution in [0.1, 0.15) is 20.7 Å². The van der Waals surface area contributed by atoms with Gasteiger partial charge >= 0.3 is 5.97 Å². The normalized spacial score (nSPS) is 13.1. The number of ether oxygens (including phenoxy) is 1. The lowest BCUT2D eigenvalue weighted by atomic mass is 10.1. The molecule has 0 aliphatic carbocycles. The Hall–Kier alpha value is -4.34. The number of phenolic OH excluding ortho intramolecular Hbond substituents is 1. The van der Waals surface area contributed by atoms with Crippen molar-refractivity contribution in [2.75, 3.05) is 22.6 Å². The van der Waals surface area contributed by atoms with E-state index in [1.54, 1.807) is 0 Å². The summed E-state index contributed by atoms with van der Waals surface area (Å²) in [5, 5.41) is 15.3. The molecule has 0 atom stereocenters. The summed E-state index contributed by atoms with van der Waals surface area (Å²) < 4.78 is 4.68. The Labute approximate surface area is 214 Å². The summed E-state index contributed by atoms with van der Waals surface area (Å²) in [5.74, 6) is -2.74. The Morgan fingerprint density at radius 3 is 2.33 bits per heavy atom. The first-order chi connectivity index (χ1) is 17.2. The van der Waals surface area contributed by atoms with Gasteiger partial charge < -0.3 is 20.5 Å². The number of anilines is 3. The zero-order valence-electron chi connectivity index (χ0n) is 18.5. The fraction of sp³-hybridized carbons (Fsp3) is 0.0400. The maximum atomic E-state index is 13.0. The standard InChI is InChI=1S/C25H17Cl2N3O6/c1-36-25(35)14-3-2-4-17(11-14)30-23(33)20(27)21(24(30)34)28-16-8-5-13(6-9-16)22(32)29-18-12-15(26)7-10-19(18)31/h2-12,28,31H,1H3,(H,29,32). The number of nitrogens with zero attached hydrogens (tertiary/aromatic N) is 1. The number of imide groups is 1. The van der Waals surface area contributed by atoms with E-state index < -0.39 is 23.7 Å². The molecule has 0 fully saturated rings. The highest BCUT2D eigenvalue weighted by molar-refractivity contribution is 6.53. The summed E-state index contributed by atoms with van der Waals surface area (Å²) >= 11 is 12.1. The largest absolute Gasteiger partial charge is 0.506 e. The van der Waals surface area contributed by atoms with E-state index in [-0.39, 0.29) is 39.0 Å². The first-order valence-electron chi connectivity index (χ1n) is 10.3. The van der Waals surface area contributed by atoms with Gasteiger partial charge in [-0.25, -0.2) is 9.69 Å². The lowest BCUT2D eigenvalue weighted by Crippen LogP contribution is -2.32. The highest BCUT2D eigenvalue weighted by Gasteiger charge is 2.39. The van der Waals surface area contributed by atoms with Crippen LogP contribution in [-0.4, -0.2) is 35.9 Å². The van der Waals surface area contributed by atoms with Crippen LogP contribution in [0.15, 0.2) is 77.5 Å². The molecule has 0 saturated carbocycles. The number of benzene rings is 3. The molecule has 36 heavy (non-hydrogen) atoms. The summed E-state index contributed by atoms with van der Waals surface area (Å²) in [7, 11) is 1.22. The molecule has 3 aromatic carbocycles. The number of carbonyl (C=O) groups is 4. The maximum absolute atomic E-state index is 13.0. The predicted molar refractivity (Wildman–Crippen MR) is 134 cm³/mol. The molecule has 0 unspecified atom stereocenters. The lowest BCUT2D eigenvalue weighted by Gasteiger charge is -2.16. The van der Waals surface area contributed by atoms with E-state index >= 15 is 0 Å². The van der Waals surface area contributed by atoms with Gasteiger partial charge in [0.15, 0.2) is 0 Å². The maximum Gasteiger partial charge on any atom is 0.337 e. The van der Waals surface area contributed by atoms with Crippen LogP contribution in [0.4, 0.5) is 17.1 Å². The number of nitrogens with one attached hydrogen (secondary N) is 2. The molecule has 3 aromatic rings. The monoisotopic (exact) mass is 525 g/mol. The van der Waals surface area contributed by atoms with E-state index in [4.69, 9.17) is 23.2 Å². The fourth-order valence-corrected chi connectivity index (χ4v) is 3.77. The van der Waals surface area contributed by atoms with Crippen LogP contribution in [0.2, 0.25) is 5.02 Å². The van der Waals surface area contributed by atoms with Gasteiger partial charge in [0.1, 0.15) is 16.5 Å². The van der Waals surface area contributed by atoms with Gasteiger partial charge in [-0.3, -0.25) is 14.4 Å². The van der Waals surface area contributed by atoms with E-state index in [1.807, 2.05) is 0 Å². The molecule has 0 spiro atoms. The average Bonchev–Trinajstić information content (AvgIpc) is 3.09. The van der Waals surface area contributed by atoms with E-state index in [9.17, 15) is 24.3 Å². The van der Waals surface area contributed by atoms with Crippen LogP contribution in [0.25, 0.3) is 0 Å². The number of methoxy groups -OCH3 is 1. The Morgan fingerprint density at radius 1 is 0.917 bits per heavy atom. The number of hydrogen-bond acceptors (Lipinski definition) is 7. The molecule has 1 aliphatic heterocycles. The van der Waals surface area contributed by atoms with Gasteiger partial charge in [-0.15, -0.1) is 0 Å². The smallest absolute Gasteiger partial charge is 0.337 e. The van der Waals surface area contributed by atoms with Crippen molar-refractivity contribution >= 4 is 64.0 Å². The highest BCUT2D eigenvalue weighted by Crippen LogP contribution is 2.31. The number of phenols is 1. The minimum Gasteiger partial charge on any atom is -0.506 e. The van der Waals surface area contributed by atoms with Crippen molar-refractivity contribution in [2.24, 2.45) is 0 Å². The van der Waals surface area contributed by atoms with Crippen molar-refractivity contribution in [1.29, 1.82) is 0 Å². The molecular weight excluding hydrogens is 509 g/mol. The molecule has 9 nitrogen and oxygen atoms in total. The molecule has 0 aromatic heterocycles. The minimum atomic E-state index is -0.761. The Morgan fingerprint density at radius 2 is 1.64 bits per heavy atom. The Balaban J connectivity index is 1.50. The van der Waals surface area contributed by atoms with Crippen molar-refractivity contribution in [3.63, 3.8) is 0 Å². The summed E-state index contributed by atoms with van der Waals surface area (Å²) in [6, 6.07) is 16.1. The Kier molecular flexibility index (Phi) is 6.96. The van der Waals surface area contributed by atoms with Gasteiger partial charge in [0, 0.05) is 16.3 Å². The van der Waals surface area contributed by atoms with Crippen molar-refractivity contribution < 1.29 is 29.0 Å². The van der Waals surface area contributed by atoms with Gasteiger partial charge in [0.2, 0.25) is 0 Å². The molecule has 1 aliphatic rings. The third-order valence-corrected chi connectivity index (χ3v) is 5.76. The fourth-order valence-electron chi connectivity index (χ4n) is 3.39. The van der Waals surface area contributed by atoms with Gasteiger partial charge in [0.05, 0.1) is 24.0 Å². The van der Waals surface area contributed by atoms with Gasteiger partial charge in [-0.05, 0) is 60.7 Å². The second-order valence-electron chi connectivity index (χ2n) is 7.49. The summed E-state index contributed by atoms with van der Waals surface area (Å²) in [6.07, 6.45) is 0. The first kappa shape index (κ1) is 24.8. The highest BCUT2D eigenvalue weighted by atomic mass is 35.5. The second kappa shape index (κ2) is 10.1. The van der Waals surface area contributed by atoms with Crippen LogP contribution in [0.5, 0.6) is 5.75 Å². The molecule has 3 amide bonds. The van der Waals surface area contributed by atoms with Crippen LogP contribution in [0, 0.1) is 0 Å². The van der Waals surface area contributed by atoms with Crippen LogP contribution < -0.4 is 15.5 Å². The quantitative estimate of drug-likeness (QED) is 0.245. The van der Waals surface area contributed by atoms with Crippen molar-refractivity contribution in [3.05, 3.63) is 93.6 Å². The van der Waals surface area contributed by atoms with Gasteiger partial charge in [-0.2, -0.15) is 0 Å². The van der Waals surface area contributed by atoms with Crippen molar-refractivity contribution in [3.8, 4) is 5.75 Å². The topological polar surface area (TPSA) is 125 Å². The van der Waals surface area contributed by atoms with Crippen LogP contribution >= 0.6 is 23.2 Å². The van der Waals surface area contributed by atoms with Crippen molar-refractivity contribution in [1.82, 2.24) is 0 Å². The van der Waals surface area contributed by atoms with Crippen LogP contribution in [0.3, 0.4) is 0 Å². The first-order valence-corrected chi connectivity index (χ1v) is 11.1. The molecule has 1 heterocycles. The number of esters is 1. The molecule has 4 rings (SSSR count). The third kappa shape index (κ3) is 4.88. The molecular formula is C25H17Cl2N3O6.